The minimum absolute atomic E-state index is 0.550. The molecule has 16 heavy (non-hydrogen) atoms. The van der Waals surface area contributed by atoms with E-state index >= 15 is 0 Å². The lowest BCUT2D eigenvalue weighted by molar-refractivity contribution is 0.406. The summed E-state index contributed by atoms with van der Waals surface area (Å²) in [7, 11) is 0. The Morgan fingerprint density at radius 3 is 3.25 bits per heavy atom. The van der Waals surface area contributed by atoms with Crippen molar-refractivity contribution in [3.63, 3.8) is 0 Å². The van der Waals surface area contributed by atoms with Gasteiger partial charge >= 0.3 is 0 Å². The van der Waals surface area contributed by atoms with Crippen molar-refractivity contribution in [3.05, 3.63) is 29.6 Å². The van der Waals surface area contributed by atoms with Crippen molar-refractivity contribution in [3.8, 4) is 0 Å². The second-order valence-electron chi connectivity index (χ2n) is 4.79. The fourth-order valence-electron chi connectivity index (χ4n) is 2.65. The van der Waals surface area contributed by atoms with Gasteiger partial charge in [0.05, 0.1) is 0 Å². The van der Waals surface area contributed by atoms with Gasteiger partial charge < -0.3 is 5.32 Å². The van der Waals surface area contributed by atoms with E-state index in [2.05, 4.69) is 36.3 Å². The lowest BCUT2D eigenvalue weighted by Gasteiger charge is -2.29. The maximum absolute atomic E-state index is 4.59. The molecule has 1 aliphatic carbocycles. The van der Waals surface area contributed by atoms with Crippen molar-refractivity contribution >= 4 is 0 Å². The Balaban J connectivity index is 2.12. The van der Waals surface area contributed by atoms with Crippen molar-refractivity contribution in [2.75, 3.05) is 6.54 Å². The van der Waals surface area contributed by atoms with E-state index < -0.39 is 0 Å². The summed E-state index contributed by atoms with van der Waals surface area (Å²) >= 11 is 0. The monoisotopic (exact) mass is 218 g/mol. The standard InChI is InChI=1S/C14H22N2/c1-3-9-15-11(2)13-8-4-6-12-7-5-10-16-14(12)13/h5,7,10-11,13,15H,3-4,6,8-9H2,1-2H3. The highest BCUT2D eigenvalue weighted by Crippen LogP contribution is 2.32. The molecule has 2 rings (SSSR count). The molecular weight excluding hydrogens is 196 g/mol. The largest absolute Gasteiger partial charge is 0.314 e. The van der Waals surface area contributed by atoms with E-state index in [4.69, 9.17) is 0 Å². The van der Waals surface area contributed by atoms with Crippen LogP contribution in [0.25, 0.3) is 0 Å². The molecular formula is C14H22N2. The summed E-state index contributed by atoms with van der Waals surface area (Å²) in [6.07, 6.45) is 6.93. The highest BCUT2D eigenvalue weighted by atomic mass is 14.9. The molecule has 0 bridgehead atoms. The summed E-state index contributed by atoms with van der Waals surface area (Å²) in [4.78, 5) is 4.59. The molecule has 0 saturated heterocycles. The van der Waals surface area contributed by atoms with Gasteiger partial charge in [-0.05, 0) is 50.8 Å². The SMILES string of the molecule is CCCNC(C)C1CCCc2cccnc21. The van der Waals surface area contributed by atoms with Gasteiger partial charge in [0.25, 0.3) is 0 Å². The Labute approximate surface area is 98.5 Å². The van der Waals surface area contributed by atoms with Gasteiger partial charge in [-0.25, -0.2) is 0 Å². The number of rotatable bonds is 4. The van der Waals surface area contributed by atoms with Crippen LogP contribution in [0.3, 0.4) is 0 Å². The minimum Gasteiger partial charge on any atom is -0.314 e. The second-order valence-corrected chi connectivity index (χ2v) is 4.79. The zero-order valence-electron chi connectivity index (χ0n) is 10.4. The summed E-state index contributed by atoms with van der Waals surface area (Å²) in [5.74, 6) is 0.608. The predicted octanol–water partition coefficient (Wildman–Crippen LogP) is 2.89. The molecule has 1 aromatic heterocycles. The predicted molar refractivity (Wildman–Crippen MR) is 67.7 cm³/mol. The van der Waals surface area contributed by atoms with Crippen LogP contribution in [0.4, 0.5) is 0 Å². The Kier molecular flexibility index (Phi) is 3.94. The maximum atomic E-state index is 4.59. The van der Waals surface area contributed by atoms with Crippen LogP contribution in [0.1, 0.15) is 50.3 Å². The summed E-state index contributed by atoms with van der Waals surface area (Å²) < 4.78 is 0. The van der Waals surface area contributed by atoms with Gasteiger partial charge in [-0.1, -0.05) is 13.0 Å². The molecule has 0 amide bonds. The molecule has 1 aromatic rings. The van der Waals surface area contributed by atoms with Crippen LogP contribution in [-0.4, -0.2) is 17.6 Å². The summed E-state index contributed by atoms with van der Waals surface area (Å²) in [5, 5.41) is 3.60. The molecule has 0 aliphatic heterocycles. The van der Waals surface area contributed by atoms with Gasteiger partial charge in [-0.3, -0.25) is 4.98 Å². The number of hydrogen-bond acceptors (Lipinski definition) is 2. The summed E-state index contributed by atoms with van der Waals surface area (Å²) in [5.41, 5.74) is 2.80. The first kappa shape index (κ1) is 11.6. The first-order valence-corrected chi connectivity index (χ1v) is 6.50. The Morgan fingerprint density at radius 2 is 2.44 bits per heavy atom. The number of aromatic nitrogens is 1. The number of pyridine rings is 1. The molecule has 0 radical (unpaired) electrons. The molecule has 0 fully saturated rings. The molecule has 0 spiro atoms. The van der Waals surface area contributed by atoms with E-state index in [0.29, 0.717) is 12.0 Å². The number of nitrogens with zero attached hydrogens (tertiary/aromatic N) is 1. The van der Waals surface area contributed by atoms with E-state index in [1.807, 2.05) is 6.20 Å². The van der Waals surface area contributed by atoms with Crippen LogP contribution in [0.2, 0.25) is 0 Å². The number of fused-ring (bicyclic) bond motifs is 1. The summed E-state index contributed by atoms with van der Waals surface area (Å²) in [6, 6.07) is 4.85. The third-order valence-electron chi connectivity index (χ3n) is 3.56. The van der Waals surface area contributed by atoms with Crippen molar-refractivity contribution in [2.45, 2.75) is 51.5 Å². The Hall–Kier alpha value is -0.890. The van der Waals surface area contributed by atoms with Crippen LogP contribution in [0, 0.1) is 0 Å². The van der Waals surface area contributed by atoms with E-state index in [-0.39, 0.29) is 0 Å². The number of nitrogens with one attached hydrogen (secondary N) is 1. The average molecular weight is 218 g/mol. The van der Waals surface area contributed by atoms with E-state index in [1.54, 1.807) is 0 Å². The second kappa shape index (κ2) is 5.44. The zero-order chi connectivity index (χ0) is 11.4. The third-order valence-corrected chi connectivity index (χ3v) is 3.56. The fourth-order valence-corrected chi connectivity index (χ4v) is 2.65. The smallest absolute Gasteiger partial charge is 0.0481 e. The Bertz CT molecular complexity index is 335. The van der Waals surface area contributed by atoms with Crippen LogP contribution in [-0.2, 0) is 6.42 Å². The van der Waals surface area contributed by atoms with E-state index in [1.165, 1.54) is 36.9 Å². The van der Waals surface area contributed by atoms with Gasteiger partial charge in [0.2, 0.25) is 0 Å². The van der Waals surface area contributed by atoms with Crippen LogP contribution < -0.4 is 5.32 Å². The Morgan fingerprint density at radius 1 is 1.56 bits per heavy atom. The van der Waals surface area contributed by atoms with Gasteiger partial charge in [0, 0.05) is 23.9 Å². The summed E-state index contributed by atoms with van der Waals surface area (Å²) in [6.45, 7) is 5.62. The van der Waals surface area contributed by atoms with E-state index in [9.17, 15) is 0 Å². The van der Waals surface area contributed by atoms with Gasteiger partial charge in [-0.2, -0.15) is 0 Å². The molecule has 2 heteroatoms. The third kappa shape index (κ3) is 2.43. The quantitative estimate of drug-likeness (QED) is 0.840. The van der Waals surface area contributed by atoms with Crippen LogP contribution in [0.15, 0.2) is 18.3 Å². The maximum Gasteiger partial charge on any atom is 0.0481 e. The molecule has 0 aromatic carbocycles. The van der Waals surface area contributed by atoms with Crippen molar-refractivity contribution in [1.29, 1.82) is 0 Å². The molecule has 1 aliphatic rings. The number of hydrogen-bond donors (Lipinski definition) is 1. The van der Waals surface area contributed by atoms with Crippen LogP contribution >= 0.6 is 0 Å². The van der Waals surface area contributed by atoms with Crippen molar-refractivity contribution in [1.82, 2.24) is 10.3 Å². The topological polar surface area (TPSA) is 24.9 Å². The molecule has 1 heterocycles. The molecule has 2 atom stereocenters. The van der Waals surface area contributed by atoms with Gasteiger partial charge in [0.1, 0.15) is 0 Å². The first-order chi connectivity index (χ1) is 7.83. The van der Waals surface area contributed by atoms with E-state index in [0.717, 1.165) is 6.54 Å². The van der Waals surface area contributed by atoms with Crippen molar-refractivity contribution in [2.24, 2.45) is 0 Å². The lowest BCUT2D eigenvalue weighted by atomic mass is 9.82. The number of aryl methyl sites for hydroxylation is 1. The first-order valence-electron chi connectivity index (χ1n) is 6.50. The van der Waals surface area contributed by atoms with Crippen LogP contribution in [0.5, 0.6) is 0 Å². The normalized spacial score (nSPS) is 21.5. The zero-order valence-corrected chi connectivity index (χ0v) is 10.4. The minimum atomic E-state index is 0.550. The van der Waals surface area contributed by atoms with Gasteiger partial charge in [-0.15, -0.1) is 0 Å². The highest BCUT2D eigenvalue weighted by molar-refractivity contribution is 5.27. The highest BCUT2D eigenvalue weighted by Gasteiger charge is 2.25. The molecule has 2 unspecified atom stereocenters. The fraction of sp³-hybridized carbons (Fsp3) is 0.643. The molecule has 1 N–H and O–H groups in total. The lowest BCUT2D eigenvalue weighted by Crippen LogP contribution is -2.34. The molecule has 0 saturated carbocycles. The van der Waals surface area contributed by atoms with Gasteiger partial charge in [0.15, 0.2) is 0 Å². The van der Waals surface area contributed by atoms with Crippen molar-refractivity contribution < 1.29 is 0 Å². The average Bonchev–Trinajstić information content (AvgIpc) is 2.35. The molecule has 88 valence electrons. The molecule has 2 nitrogen and oxygen atoms in total.